The number of hydrogen-bond donors (Lipinski definition) is 7. The van der Waals surface area contributed by atoms with E-state index in [0.717, 1.165) is 0 Å². The Bertz CT molecular complexity index is 810. The Morgan fingerprint density at radius 1 is 0.571 bits per heavy atom. The van der Waals surface area contributed by atoms with E-state index in [-0.39, 0.29) is 0 Å². The van der Waals surface area contributed by atoms with Crippen LogP contribution in [0.5, 0.6) is 0 Å². The highest BCUT2D eigenvalue weighted by Crippen LogP contribution is 2.75. The first-order valence-corrected chi connectivity index (χ1v) is 7.34. The molecular formula is C14H12O14. The summed E-state index contributed by atoms with van der Waals surface area (Å²) < 4.78 is 0. The van der Waals surface area contributed by atoms with Crippen LogP contribution in [0.4, 0.5) is 0 Å². The molecular weight excluding hydrogens is 392 g/mol. The van der Waals surface area contributed by atoms with E-state index in [2.05, 4.69) is 0 Å². The van der Waals surface area contributed by atoms with Crippen molar-refractivity contribution in [1.82, 2.24) is 0 Å². The summed E-state index contributed by atoms with van der Waals surface area (Å²) in [4.78, 5) is 83.1. The number of hydrogen-bond acceptors (Lipinski definition) is 7. The van der Waals surface area contributed by atoms with Gasteiger partial charge < -0.3 is 35.7 Å². The fraction of sp³-hybridized carbons (Fsp3) is 0.500. The van der Waals surface area contributed by atoms with Crippen LogP contribution in [0.3, 0.4) is 0 Å². The molecule has 0 saturated heterocycles. The Morgan fingerprint density at radius 3 is 1.18 bits per heavy atom. The highest BCUT2D eigenvalue weighted by Gasteiger charge is 2.93. The second kappa shape index (κ2) is 5.64. The summed E-state index contributed by atoms with van der Waals surface area (Å²) in [5.74, 6) is -25.2. The predicted molar refractivity (Wildman–Crippen MR) is 75.8 cm³/mol. The lowest BCUT2D eigenvalue weighted by atomic mass is 9.46. The van der Waals surface area contributed by atoms with Crippen LogP contribution in [0.15, 0.2) is 0 Å². The molecule has 0 aromatic heterocycles. The molecule has 152 valence electrons. The van der Waals surface area contributed by atoms with Gasteiger partial charge in [-0.3, -0.25) is 33.6 Å². The maximum Gasteiger partial charge on any atom is 0.323 e. The number of aliphatic carboxylic acids is 7. The normalized spacial score (nSPS) is 28.2. The maximum absolute atomic E-state index is 11.9. The quantitative estimate of drug-likeness (QED) is 0.222. The van der Waals surface area contributed by atoms with Crippen molar-refractivity contribution in [3.8, 4) is 0 Å². The summed E-state index contributed by atoms with van der Waals surface area (Å²) in [6.07, 6.45) is -1.19. The number of rotatable bonds is 7. The summed E-state index contributed by atoms with van der Waals surface area (Å²) in [5.41, 5.74) is -11.4. The van der Waals surface area contributed by atoms with Crippen molar-refractivity contribution in [1.29, 1.82) is 0 Å². The zero-order valence-electron chi connectivity index (χ0n) is 13.4. The van der Waals surface area contributed by atoms with Crippen molar-refractivity contribution in [2.75, 3.05) is 0 Å². The second-order valence-electron chi connectivity index (χ2n) is 6.53. The van der Waals surface area contributed by atoms with Crippen LogP contribution in [-0.2, 0) is 33.6 Å². The van der Waals surface area contributed by atoms with Crippen LogP contribution < -0.4 is 0 Å². The average Bonchev–Trinajstić information content (AvgIpc) is 3.03. The summed E-state index contributed by atoms with van der Waals surface area (Å²) >= 11 is 0. The number of fused-ring (bicyclic) bond motifs is 2. The molecule has 0 aromatic rings. The fourth-order valence-corrected chi connectivity index (χ4v) is 5.12. The lowest BCUT2D eigenvalue weighted by Gasteiger charge is -2.49. The number of carbonyl (C=O) groups is 7. The van der Waals surface area contributed by atoms with Gasteiger partial charge in [0.15, 0.2) is 16.2 Å². The standard InChI is InChI=1S/C14H12O14/c15-5(16)4-2-1-3(12(4,6(17)18)7(19)20)14(10(25)26,11(27)28)13(2,8(21)22)9(23)24/h2-4H,1H2,(H,15,16)(H,17,18)(H,19,20)(H,21,22)(H,23,24)(H,25,26)(H,27,28). The molecule has 3 atom stereocenters. The molecule has 2 bridgehead atoms. The van der Waals surface area contributed by atoms with Crippen LogP contribution in [0.1, 0.15) is 6.42 Å². The summed E-state index contributed by atoms with van der Waals surface area (Å²) in [6, 6.07) is 0. The molecule has 0 aromatic carbocycles. The van der Waals surface area contributed by atoms with Crippen molar-refractivity contribution >= 4 is 41.8 Å². The third kappa shape index (κ3) is 1.69. The fourth-order valence-electron chi connectivity index (χ4n) is 5.12. The molecule has 14 nitrogen and oxygen atoms in total. The van der Waals surface area contributed by atoms with Gasteiger partial charge in [-0.15, -0.1) is 0 Å². The molecule has 2 saturated carbocycles. The van der Waals surface area contributed by atoms with E-state index in [9.17, 15) is 69.3 Å². The van der Waals surface area contributed by atoms with Gasteiger partial charge in [-0.25, -0.2) is 0 Å². The van der Waals surface area contributed by atoms with Gasteiger partial charge in [-0.2, -0.15) is 0 Å². The first kappa shape index (κ1) is 20.6. The monoisotopic (exact) mass is 404 g/mol. The molecule has 0 aliphatic heterocycles. The maximum atomic E-state index is 11.9. The van der Waals surface area contributed by atoms with Gasteiger partial charge in [-0.1, -0.05) is 0 Å². The van der Waals surface area contributed by atoms with E-state index < -0.39 is 82.2 Å². The van der Waals surface area contributed by atoms with Gasteiger partial charge in [0.05, 0.1) is 5.92 Å². The summed E-state index contributed by atoms with van der Waals surface area (Å²) in [6.45, 7) is 0. The smallest absolute Gasteiger partial charge is 0.323 e. The van der Waals surface area contributed by atoms with Crippen molar-refractivity contribution in [2.24, 2.45) is 34.0 Å². The third-order valence-electron chi connectivity index (χ3n) is 5.96. The minimum Gasteiger partial charge on any atom is -0.481 e. The highest BCUT2D eigenvalue weighted by atomic mass is 16.4. The molecule has 2 fully saturated rings. The molecule has 28 heavy (non-hydrogen) atoms. The topological polar surface area (TPSA) is 261 Å². The molecule has 14 heteroatoms. The highest BCUT2D eigenvalue weighted by molar-refractivity contribution is 6.18. The Kier molecular flexibility index (Phi) is 4.15. The first-order chi connectivity index (χ1) is 12.7. The molecule has 7 N–H and O–H groups in total. The largest absolute Gasteiger partial charge is 0.481 e. The number of carboxylic acid groups (broad SMARTS) is 7. The van der Waals surface area contributed by atoms with E-state index in [0.29, 0.717) is 0 Å². The van der Waals surface area contributed by atoms with Gasteiger partial charge in [0.1, 0.15) is 0 Å². The first-order valence-electron chi connectivity index (χ1n) is 7.34. The van der Waals surface area contributed by atoms with Gasteiger partial charge in [0.25, 0.3) is 0 Å². The van der Waals surface area contributed by atoms with Gasteiger partial charge in [0, 0.05) is 11.8 Å². The van der Waals surface area contributed by atoms with Crippen LogP contribution >= 0.6 is 0 Å². The SMILES string of the molecule is O=C(O)C1C2CC(C1(C(=O)O)C(=O)O)C(C(=O)O)(C(=O)O)C2(C(=O)O)C(=O)O. The predicted octanol–water partition coefficient (Wildman–Crippen LogP) is -2.20. The zero-order valence-corrected chi connectivity index (χ0v) is 13.4. The molecule has 0 heterocycles. The summed E-state index contributed by atoms with van der Waals surface area (Å²) in [5, 5.41) is 66.6. The Labute approximate surface area is 152 Å². The molecule has 0 spiro atoms. The van der Waals surface area contributed by atoms with Crippen molar-refractivity contribution in [3.05, 3.63) is 0 Å². The molecule has 2 aliphatic rings. The molecule has 0 amide bonds. The Hall–Kier alpha value is -3.71. The lowest BCUT2D eigenvalue weighted by Crippen LogP contribution is -2.72. The third-order valence-corrected chi connectivity index (χ3v) is 5.96. The molecule has 2 rings (SSSR count). The average molecular weight is 404 g/mol. The lowest BCUT2D eigenvalue weighted by molar-refractivity contribution is -0.221. The summed E-state index contributed by atoms with van der Waals surface area (Å²) in [7, 11) is 0. The molecule has 0 radical (unpaired) electrons. The zero-order chi connectivity index (χ0) is 22.0. The van der Waals surface area contributed by atoms with E-state index in [4.69, 9.17) is 0 Å². The van der Waals surface area contributed by atoms with E-state index >= 15 is 0 Å². The van der Waals surface area contributed by atoms with E-state index in [1.807, 2.05) is 0 Å². The van der Waals surface area contributed by atoms with Gasteiger partial charge >= 0.3 is 41.8 Å². The van der Waals surface area contributed by atoms with Crippen LogP contribution in [0.2, 0.25) is 0 Å². The minimum absolute atomic E-state index is 1.19. The van der Waals surface area contributed by atoms with Crippen LogP contribution in [0.25, 0.3) is 0 Å². The Balaban J connectivity index is 3.15. The molecule has 2 aliphatic carbocycles. The second-order valence-corrected chi connectivity index (χ2v) is 6.53. The van der Waals surface area contributed by atoms with Crippen LogP contribution in [-0.4, -0.2) is 77.5 Å². The van der Waals surface area contributed by atoms with Gasteiger partial charge in [-0.05, 0) is 6.42 Å². The van der Waals surface area contributed by atoms with Crippen molar-refractivity contribution in [2.45, 2.75) is 6.42 Å². The number of carboxylic acids is 7. The van der Waals surface area contributed by atoms with E-state index in [1.54, 1.807) is 0 Å². The molecule has 3 unspecified atom stereocenters. The van der Waals surface area contributed by atoms with Crippen molar-refractivity contribution < 1.29 is 69.3 Å². The minimum atomic E-state index is -3.96. The van der Waals surface area contributed by atoms with E-state index in [1.165, 1.54) is 0 Å². The van der Waals surface area contributed by atoms with Crippen molar-refractivity contribution in [3.63, 3.8) is 0 Å². The van der Waals surface area contributed by atoms with Gasteiger partial charge in [0.2, 0.25) is 0 Å². The van der Waals surface area contributed by atoms with Crippen LogP contribution in [0, 0.1) is 34.0 Å². The Morgan fingerprint density at radius 2 is 0.929 bits per heavy atom.